The Balaban J connectivity index is 1.78. The first-order valence-electron chi connectivity index (χ1n) is 8.76. The van der Waals surface area contributed by atoms with Gasteiger partial charge in [0, 0.05) is 36.5 Å². The average molecular weight is 333 g/mol. The maximum Gasteiger partial charge on any atom is 0.415 e. The third-order valence-corrected chi connectivity index (χ3v) is 4.97. The zero-order valence-electron chi connectivity index (χ0n) is 14.2. The molecule has 2 aliphatic rings. The Hall–Kier alpha value is -2.75. The molecule has 1 atom stereocenters. The van der Waals surface area contributed by atoms with E-state index < -0.39 is 6.04 Å². The second-order valence-electron chi connectivity index (χ2n) is 6.79. The number of rotatable bonds is 3. The molecule has 1 heterocycles. The van der Waals surface area contributed by atoms with Crippen LogP contribution >= 0.6 is 0 Å². The van der Waals surface area contributed by atoms with Crippen molar-refractivity contribution in [3.8, 4) is 0 Å². The number of fused-ring (bicyclic) bond motifs is 1. The monoisotopic (exact) mass is 333 g/mol. The first kappa shape index (κ1) is 15.8. The van der Waals surface area contributed by atoms with Gasteiger partial charge in [0.2, 0.25) is 11.6 Å². The molecular weight excluding hydrogens is 312 g/mol. The van der Waals surface area contributed by atoms with Gasteiger partial charge in [0.25, 0.3) is 0 Å². The van der Waals surface area contributed by atoms with E-state index in [-0.39, 0.29) is 17.7 Å². The summed E-state index contributed by atoms with van der Waals surface area (Å²) in [6, 6.07) is 17.3. The number of carbonyl (C=O) groups is 2. The second kappa shape index (κ2) is 6.28. The molecule has 0 radical (unpaired) electrons. The summed E-state index contributed by atoms with van der Waals surface area (Å²) < 4.78 is 1.76. The summed E-state index contributed by atoms with van der Waals surface area (Å²) in [5.41, 5.74) is 3.87. The van der Waals surface area contributed by atoms with Gasteiger partial charge in [-0.2, -0.15) is 0 Å². The van der Waals surface area contributed by atoms with Crippen LogP contribution in [0, 0.1) is 5.92 Å². The molecule has 2 amide bonds. The van der Waals surface area contributed by atoms with E-state index in [9.17, 15) is 9.59 Å². The molecule has 4 heteroatoms. The van der Waals surface area contributed by atoms with E-state index in [1.165, 1.54) is 0 Å². The maximum absolute atomic E-state index is 13.2. The fourth-order valence-electron chi connectivity index (χ4n) is 3.39. The maximum atomic E-state index is 13.2. The van der Waals surface area contributed by atoms with Crippen LogP contribution in [0.2, 0.25) is 0 Å². The number of hydrogen-bond acceptors (Lipinski definition) is 2. The van der Waals surface area contributed by atoms with E-state index in [1.807, 2.05) is 61.5 Å². The van der Waals surface area contributed by atoms with Crippen LogP contribution in [-0.4, -0.2) is 28.1 Å². The summed E-state index contributed by atoms with van der Waals surface area (Å²) in [5, 5.41) is 2.96. The van der Waals surface area contributed by atoms with Gasteiger partial charge >= 0.3 is 5.91 Å². The molecular formula is C21H21N2O2+. The van der Waals surface area contributed by atoms with Crippen molar-refractivity contribution in [2.75, 3.05) is 0 Å². The minimum atomic E-state index is -0.498. The summed E-state index contributed by atoms with van der Waals surface area (Å²) in [7, 11) is 0. The Bertz CT molecular complexity index is 866. The average Bonchev–Trinajstić information content (AvgIpc) is 3.48. The third kappa shape index (κ3) is 3.00. The van der Waals surface area contributed by atoms with Crippen molar-refractivity contribution >= 4 is 23.2 Å². The topological polar surface area (TPSA) is 49.2 Å². The number of nitrogens with one attached hydrogen (secondary N) is 1. The molecule has 2 aromatic carbocycles. The van der Waals surface area contributed by atoms with E-state index in [2.05, 4.69) is 5.32 Å². The molecule has 25 heavy (non-hydrogen) atoms. The van der Waals surface area contributed by atoms with E-state index in [0.717, 1.165) is 35.4 Å². The summed E-state index contributed by atoms with van der Waals surface area (Å²) in [4.78, 5) is 25.4. The summed E-state index contributed by atoms with van der Waals surface area (Å²) >= 11 is 0. The molecule has 0 spiro atoms. The highest BCUT2D eigenvalue weighted by atomic mass is 16.2. The molecule has 1 aliphatic carbocycles. The Morgan fingerprint density at radius 2 is 1.72 bits per heavy atom. The Labute approximate surface area is 147 Å². The minimum Gasteiger partial charge on any atom is -0.340 e. The molecule has 2 aromatic rings. The number of carbonyl (C=O) groups excluding carboxylic acids is 2. The standard InChI is InChI=1S/C21H20N2O2/c1-14(15-7-3-2-4-8-15)23-19-10-6-5-9-17(19)13-18(21(23)25)22-20(24)16-11-12-16/h2-10,16,18H,11-13H2,1H3/p+1/t18-/m1/s1. The van der Waals surface area contributed by atoms with E-state index in [1.54, 1.807) is 4.58 Å². The predicted octanol–water partition coefficient (Wildman–Crippen LogP) is 2.82. The highest BCUT2D eigenvalue weighted by Gasteiger charge is 2.42. The van der Waals surface area contributed by atoms with E-state index >= 15 is 0 Å². The van der Waals surface area contributed by atoms with Crippen LogP contribution in [0.4, 0.5) is 5.69 Å². The molecule has 1 N–H and O–H groups in total. The van der Waals surface area contributed by atoms with Crippen molar-refractivity contribution in [1.29, 1.82) is 0 Å². The van der Waals surface area contributed by atoms with Crippen molar-refractivity contribution in [2.45, 2.75) is 32.2 Å². The lowest BCUT2D eigenvalue weighted by atomic mass is 9.96. The lowest BCUT2D eigenvalue weighted by Crippen LogP contribution is -2.49. The summed E-state index contributed by atoms with van der Waals surface area (Å²) in [5.74, 6) is 0.0433. The van der Waals surface area contributed by atoms with Gasteiger partial charge in [-0.05, 0) is 25.0 Å². The lowest BCUT2D eigenvalue weighted by molar-refractivity contribution is -0.373. The number of benzene rings is 2. The second-order valence-corrected chi connectivity index (χ2v) is 6.79. The molecule has 0 unspecified atom stereocenters. The van der Waals surface area contributed by atoms with Gasteiger partial charge in [-0.25, -0.2) is 4.79 Å². The van der Waals surface area contributed by atoms with Gasteiger partial charge in [0.1, 0.15) is 0 Å². The largest absolute Gasteiger partial charge is 0.415 e. The van der Waals surface area contributed by atoms with E-state index in [0.29, 0.717) is 6.42 Å². The molecule has 0 bridgehead atoms. The zero-order chi connectivity index (χ0) is 17.4. The van der Waals surface area contributed by atoms with E-state index in [4.69, 9.17) is 0 Å². The molecule has 1 saturated carbocycles. The van der Waals surface area contributed by atoms with Crippen LogP contribution in [0.3, 0.4) is 0 Å². The number of nitrogens with zero attached hydrogens (tertiary/aromatic N) is 1. The van der Waals surface area contributed by atoms with Gasteiger partial charge < -0.3 is 5.32 Å². The summed E-state index contributed by atoms with van der Waals surface area (Å²) in [6.45, 7) is 1.95. The fourth-order valence-corrected chi connectivity index (χ4v) is 3.39. The van der Waals surface area contributed by atoms with Crippen LogP contribution < -0.4 is 5.32 Å². The van der Waals surface area contributed by atoms with Crippen molar-refractivity contribution < 1.29 is 14.2 Å². The third-order valence-electron chi connectivity index (χ3n) is 4.97. The predicted molar refractivity (Wildman–Crippen MR) is 96.0 cm³/mol. The zero-order valence-corrected chi connectivity index (χ0v) is 14.2. The molecule has 4 rings (SSSR count). The SMILES string of the molecule is CC(c1ccccc1)=[N+]1C(=O)[C@H](NC(=O)C2CC2)Cc2ccccc21. The van der Waals surface area contributed by atoms with Crippen LogP contribution in [0.25, 0.3) is 0 Å². The van der Waals surface area contributed by atoms with Crippen LogP contribution in [-0.2, 0) is 16.0 Å². The van der Waals surface area contributed by atoms with Gasteiger partial charge in [0.05, 0.1) is 0 Å². The molecule has 126 valence electrons. The highest BCUT2D eigenvalue weighted by Crippen LogP contribution is 2.31. The number of para-hydroxylation sites is 1. The molecule has 1 aliphatic heterocycles. The lowest BCUT2D eigenvalue weighted by Gasteiger charge is -2.22. The van der Waals surface area contributed by atoms with Crippen molar-refractivity contribution in [3.63, 3.8) is 0 Å². The van der Waals surface area contributed by atoms with Gasteiger partial charge in [-0.15, -0.1) is 4.58 Å². The van der Waals surface area contributed by atoms with Gasteiger partial charge in [0.15, 0.2) is 11.8 Å². The van der Waals surface area contributed by atoms with Crippen molar-refractivity contribution in [3.05, 3.63) is 65.7 Å². The normalized spacial score (nSPS) is 21.5. The number of hydrogen-bond donors (Lipinski definition) is 1. The smallest absolute Gasteiger partial charge is 0.340 e. The Morgan fingerprint density at radius 3 is 2.44 bits per heavy atom. The molecule has 1 fully saturated rings. The van der Waals surface area contributed by atoms with Crippen molar-refractivity contribution in [1.82, 2.24) is 5.32 Å². The molecule has 0 aromatic heterocycles. The Kier molecular flexibility index (Phi) is 3.96. The van der Waals surface area contributed by atoms with Crippen molar-refractivity contribution in [2.24, 2.45) is 5.92 Å². The van der Waals surface area contributed by atoms with Gasteiger partial charge in [-0.3, -0.25) is 4.79 Å². The fraction of sp³-hybridized carbons (Fsp3) is 0.286. The van der Waals surface area contributed by atoms with Crippen LogP contribution in [0.5, 0.6) is 0 Å². The highest BCUT2D eigenvalue weighted by molar-refractivity contribution is 6.00. The quantitative estimate of drug-likeness (QED) is 0.878. The minimum absolute atomic E-state index is 0.00930. The van der Waals surface area contributed by atoms with Crippen LogP contribution in [0.15, 0.2) is 54.6 Å². The van der Waals surface area contributed by atoms with Gasteiger partial charge in [-0.1, -0.05) is 36.4 Å². The Morgan fingerprint density at radius 1 is 1.04 bits per heavy atom. The number of amides is 2. The molecule has 4 nitrogen and oxygen atoms in total. The first-order valence-corrected chi connectivity index (χ1v) is 8.76. The first-order chi connectivity index (χ1) is 12.1. The summed E-state index contributed by atoms with van der Waals surface area (Å²) in [6.07, 6.45) is 2.41. The van der Waals surface area contributed by atoms with Crippen LogP contribution in [0.1, 0.15) is 30.9 Å². The molecule has 0 saturated heterocycles.